The fraction of sp³-hybridized carbons (Fsp3) is 0.517. The van der Waals surface area contributed by atoms with E-state index in [1.54, 1.807) is 6.07 Å². The van der Waals surface area contributed by atoms with Crippen molar-refractivity contribution in [3.63, 3.8) is 0 Å². The normalized spacial score (nSPS) is 23.6. The second kappa shape index (κ2) is 11.1. The van der Waals surface area contributed by atoms with Crippen molar-refractivity contribution in [3.05, 3.63) is 52.1 Å². The van der Waals surface area contributed by atoms with Crippen LogP contribution >= 0.6 is 0 Å². The average molecular weight is 594 g/mol. The Morgan fingerprint density at radius 2 is 2.00 bits per heavy atom. The van der Waals surface area contributed by atoms with Gasteiger partial charge >= 0.3 is 6.03 Å². The molecule has 228 valence electrons. The van der Waals surface area contributed by atoms with Gasteiger partial charge in [0.25, 0.3) is 5.69 Å². The lowest BCUT2D eigenvalue weighted by molar-refractivity contribution is -0.384. The molecule has 3 saturated heterocycles. The van der Waals surface area contributed by atoms with Crippen LogP contribution in [0.5, 0.6) is 5.75 Å². The number of nitro benzene ring substituents is 1. The summed E-state index contributed by atoms with van der Waals surface area (Å²) in [4.78, 5) is 44.3. The zero-order valence-corrected chi connectivity index (χ0v) is 23.7. The zero-order valence-electron chi connectivity index (χ0n) is 23.7. The minimum atomic E-state index is -0.464. The Bertz CT molecular complexity index is 1420. The van der Waals surface area contributed by atoms with Gasteiger partial charge < -0.3 is 29.9 Å². The highest BCUT2D eigenvalue weighted by Crippen LogP contribution is 2.53. The van der Waals surface area contributed by atoms with Crippen LogP contribution in [-0.4, -0.2) is 84.7 Å². The molecule has 5 aliphatic rings. The second-order valence-corrected chi connectivity index (χ2v) is 12.2. The van der Waals surface area contributed by atoms with E-state index in [-0.39, 0.29) is 47.5 Å². The van der Waals surface area contributed by atoms with Crippen molar-refractivity contribution in [1.82, 2.24) is 15.1 Å². The molecule has 4 fully saturated rings. The van der Waals surface area contributed by atoms with Crippen molar-refractivity contribution in [1.29, 1.82) is 0 Å². The first-order valence-corrected chi connectivity index (χ1v) is 14.8. The summed E-state index contributed by atoms with van der Waals surface area (Å²) in [6.07, 6.45) is 3.97. The Balaban J connectivity index is 0.838. The first kappa shape index (κ1) is 27.5. The zero-order chi connectivity index (χ0) is 29.6. The molecule has 0 radical (unpaired) electrons. The van der Waals surface area contributed by atoms with Crippen LogP contribution in [0.25, 0.3) is 0 Å². The van der Waals surface area contributed by atoms with E-state index in [4.69, 9.17) is 14.4 Å². The molecule has 3 amide bonds. The van der Waals surface area contributed by atoms with Gasteiger partial charge in [-0.2, -0.15) is 4.94 Å². The number of hydrogen-bond donors (Lipinski definition) is 4. The van der Waals surface area contributed by atoms with Crippen LogP contribution in [0.3, 0.4) is 0 Å². The van der Waals surface area contributed by atoms with E-state index >= 15 is 0 Å². The van der Waals surface area contributed by atoms with Gasteiger partial charge in [0.2, 0.25) is 5.91 Å². The van der Waals surface area contributed by atoms with Gasteiger partial charge in [0.05, 0.1) is 22.8 Å². The van der Waals surface area contributed by atoms with E-state index in [0.29, 0.717) is 43.5 Å². The predicted molar refractivity (Wildman–Crippen MR) is 156 cm³/mol. The van der Waals surface area contributed by atoms with Gasteiger partial charge in [-0.25, -0.2) is 15.8 Å². The van der Waals surface area contributed by atoms with Crippen molar-refractivity contribution in [2.75, 3.05) is 62.2 Å². The molecule has 0 aromatic heterocycles. The van der Waals surface area contributed by atoms with E-state index in [2.05, 4.69) is 33.7 Å². The number of nitro groups is 1. The maximum Gasteiger partial charge on any atom is 0.320 e. The molecule has 2 aromatic rings. The SMILES string of the molecule is O=C1CO[C@H]2CCN(C(=O)N3CC4(CC(Cc5cccc(OCCNc6ccc([N+](=O)[O-])c7c6NON7)c5)C4)C3)C[C@H]2N1. The fourth-order valence-corrected chi connectivity index (χ4v) is 7.22. The van der Waals surface area contributed by atoms with Gasteiger partial charge in [0.1, 0.15) is 24.7 Å². The largest absolute Gasteiger partial charge is 0.492 e. The summed E-state index contributed by atoms with van der Waals surface area (Å²) >= 11 is 0. The maximum absolute atomic E-state index is 13.1. The van der Waals surface area contributed by atoms with Crippen LogP contribution in [0.1, 0.15) is 24.8 Å². The molecule has 1 spiro atoms. The molecule has 43 heavy (non-hydrogen) atoms. The highest BCUT2D eigenvalue weighted by Gasteiger charge is 2.54. The number of likely N-dealkylation sites (tertiary alicyclic amines) is 2. The third kappa shape index (κ3) is 5.47. The fourth-order valence-electron chi connectivity index (χ4n) is 7.22. The predicted octanol–water partition coefficient (Wildman–Crippen LogP) is 2.73. The average Bonchev–Trinajstić information content (AvgIpc) is 3.45. The van der Waals surface area contributed by atoms with Crippen LogP contribution in [-0.2, 0) is 20.9 Å². The van der Waals surface area contributed by atoms with Gasteiger partial charge in [-0.3, -0.25) is 14.9 Å². The third-order valence-corrected chi connectivity index (χ3v) is 9.16. The summed E-state index contributed by atoms with van der Waals surface area (Å²) < 4.78 is 11.6. The van der Waals surface area contributed by atoms with Crippen LogP contribution in [0.15, 0.2) is 36.4 Å². The molecular weight excluding hydrogens is 558 g/mol. The first-order valence-electron chi connectivity index (χ1n) is 14.8. The van der Waals surface area contributed by atoms with Crippen LogP contribution in [0.4, 0.5) is 27.5 Å². The molecule has 7 rings (SSSR count). The van der Waals surface area contributed by atoms with Crippen molar-refractivity contribution in [2.45, 2.75) is 37.8 Å². The lowest BCUT2D eigenvalue weighted by Gasteiger charge is -2.60. The molecule has 4 heterocycles. The molecule has 2 aromatic carbocycles. The summed E-state index contributed by atoms with van der Waals surface area (Å²) in [7, 11) is 0. The molecule has 1 aliphatic carbocycles. The molecular formula is C29H35N7O7. The van der Waals surface area contributed by atoms with E-state index in [1.165, 1.54) is 11.6 Å². The number of carbonyl (C=O) groups is 2. The third-order valence-electron chi connectivity index (χ3n) is 9.16. The second-order valence-electron chi connectivity index (χ2n) is 12.2. The van der Waals surface area contributed by atoms with Crippen molar-refractivity contribution in [2.24, 2.45) is 11.3 Å². The van der Waals surface area contributed by atoms with Gasteiger partial charge in [0.15, 0.2) is 5.69 Å². The van der Waals surface area contributed by atoms with E-state index < -0.39 is 4.92 Å². The van der Waals surface area contributed by atoms with Gasteiger partial charge in [-0.05, 0) is 55.4 Å². The quantitative estimate of drug-likeness (QED) is 0.204. The summed E-state index contributed by atoms with van der Waals surface area (Å²) in [6.45, 7) is 3.82. The highest BCUT2D eigenvalue weighted by molar-refractivity contribution is 5.89. The summed E-state index contributed by atoms with van der Waals surface area (Å²) in [6, 6.07) is 11.2. The monoisotopic (exact) mass is 593 g/mol. The Morgan fingerprint density at radius 3 is 2.84 bits per heavy atom. The van der Waals surface area contributed by atoms with Crippen LogP contribution in [0, 0.1) is 21.4 Å². The Labute approximate surface area is 248 Å². The number of benzene rings is 2. The molecule has 4 aliphatic heterocycles. The number of nitrogens with one attached hydrogen (secondary N) is 4. The van der Waals surface area contributed by atoms with Gasteiger partial charge in [-0.15, -0.1) is 0 Å². The molecule has 1 saturated carbocycles. The van der Waals surface area contributed by atoms with E-state index in [1.807, 2.05) is 21.9 Å². The molecule has 0 bridgehead atoms. The van der Waals surface area contributed by atoms with Crippen molar-refractivity contribution < 1.29 is 28.9 Å². The molecule has 4 N–H and O–H groups in total. The lowest BCUT2D eigenvalue weighted by Crippen LogP contribution is -2.68. The number of urea groups is 1. The number of piperidine rings is 1. The van der Waals surface area contributed by atoms with Crippen LogP contribution in [0.2, 0.25) is 0 Å². The minimum absolute atomic E-state index is 0.00582. The first-order chi connectivity index (χ1) is 20.9. The lowest BCUT2D eigenvalue weighted by atomic mass is 9.56. The standard InChI is InChI=1S/C29H35N7O7/c37-25-15-42-24-6-8-34(14-22(24)31-25)28(38)35-16-29(17-35)12-19(13-29)10-18-2-1-3-20(11-18)41-9-7-30-21-4-5-23(36(39)40)27-26(21)32-43-33-27/h1-5,11,19,22,24,30,32-33H,6-10,12-17H2,(H,31,37)/t22-,24+/m1/s1. The summed E-state index contributed by atoms with van der Waals surface area (Å²) in [5, 5.41) is 17.4. The Hall–Kier alpha value is -4.30. The molecule has 14 heteroatoms. The number of rotatable bonds is 8. The maximum atomic E-state index is 13.1. The van der Waals surface area contributed by atoms with Crippen molar-refractivity contribution in [3.8, 4) is 5.75 Å². The van der Waals surface area contributed by atoms with Gasteiger partial charge in [-0.1, -0.05) is 12.1 Å². The molecule has 0 unspecified atom stereocenters. The molecule has 14 nitrogen and oxygen atoms in total. The van der Waals surface area contributed by atoms with Crippen molar-refractivity contribution >= 4 is 34.7 Å². The number of morpholine rings is 1. The van der Waals surface area contributed by atoms with E-state index in [9.17, 15) is 19.7 Å². The molecule has 2 atom stereocenters. The number of anilines is 3. The highest BCUT2D eigenvalue weighted by atomic mass is 16.8. The van der Waals surface area contributed by atoms with E-state index in [0.717, 1.165) is 44.5 Å². The topological polar surface area (TPSA) is 160 Å². The number of fused-ring (bicyclic) bond motifs is 2. The number of carbonyl (C=O) groups excluding carboxylic acids is 2. The number of ether oxygens (including phenoxy) is 2. The number of hydrogen-bond acceptors (Lipinski definition) is 10. The number of amides is 3. The number of nitrogens with zero attached hydrogens (tertiary/aromatic N) is 3. The smallest absolute Gasteiger partial charge is 0.320 e. The summed E-state index contributed by atoms with van der Waals surface area (Å²) in [5.74, 6) is 1.28. The Morgan fingerprint density at radius 1 is 1.16 bits per heavy atom. The summed E-state index contributed by atoms with van der Waals surface area (Å²) in [5.41, 5.74) is 8.03. The van der Waals surface area contributed by atoms with Crippen LogP contribution < -0.4 is 26.3 Å². The minimum Gasteiger partial charge on any atom is -0.492 e. The Kier molecular flexibility index (Phi) is 7.09. The van der Waals surface area contributed by atoms with Gasteiger partial charge in [0, 0.05) is 44.2 Å².